The monoisotopic (exact) mass is 459 g/mol. The van der Waals surface area contributed by atoms with E-state index in [2.05, 4.69) is 5.32 Å². The number of aromatic nitrogens is 2. The van der Waals surface area contributed by atoms with Crippen LogP contribution in [0.15, 0.2) is 18.2 Å². The van der Waals surface area contributed by atoms with Crippen molar-refractivity contribution in [1.82, 2.24) is 15.1 Å². The van der Waals surface area contributed by atoms with Crippen molar-refractivity contribution in [2.75, 3.05) is 26.4 Å². The van der Waals surface area contributed by atoms with Crippen LogP contribution in [0, 0.1) is 12.3 Å². The van der Waals surface area contributed by atoms with Crippen LogP contribution in [0.4, 0.5) is 0 Å². The zero-order chi connectivity index (χ0) is 22.7. The maximum Gasteiger partial charge on any atom is 0.338 e. The summed E-state index contributed by atoms with van der Waals surface area (Å²) in [5.41, 5.74) is 3.87. The minimum absolute atomic E-state index is 0.0124. The van der Waals surface area contributed by atoms with E-state index in [0.717, 1.165) is 55.0 Å². The molecule has 0 aliphatic carbocycles. The van der Waals surface area contributed by atoms with Crippen molar-refractivity contribution in [3.8, 4) is 0 Å². The SMILES string of the molecule is CCc1nn(CCCOC(=O)c2cc(Cl)ccc2C)c2c1C(=O)NCC1(CCOCC1)C2. The van der Waals surface area contributed by atoms with E-state index in [4.69, 9.17) is 26.2 Å². The lowest BCUT2D eigenvalue weighted by Crippen LogP contribution is -2.40. The predicted molar refractivity (Wildman–Crippen MR) is 121 cm³/mol. The van der Waals surface area contributed by atoms with E-state index in [1.54, 1.807) is 18.2 Å². The maximum absolute atomic E-state index is 12.9. The number of esters is 1. The van der Waals surface area contributed by atoms with Crippen LogP contribution < -0.4 is 5.32 Å². The van der Waals surface area contributed by atoms with Gasteiger partial charge in [0.25, 0.3) is 5.91 Å². The third-order valence-electron chi connectivity index (χ3n) is 6.58. The number of nitrogens with one attached hydrogen (secondary N) is 1. The van der Waals surface area contributed by atoms with E-state index in [-0.39, 0.29) is 23.9 Å². The molecular formula is C24H30ClN3O4. The number of amides is 1. The summed E-state index contributed by atoms with van der Waals surface area (Å²) in [6.07, 6.45) is 3.97. The summed E-state index contributed by atoms with van der Waals surface area (Å²) in [7, 11) is 0. The molecule has 1 aromatic carbocycles. The van der Waals surface area contributed by atoms with Crippen molar-refractivity contribution in [1.29, 1.82) is 0 Å². The van der Waals surface area contributed by atoms with Gasteiger partial charge < -0.3 is 14.8 Å². The van der Waals surface area contributed by atoms with Gasteiger partial charge in [-0.05, 0) is 55.7 Å². The molecular weight excluding hydrogens is 430 g/mol. The first kappa shape index (κ1) is 22.8. The third-order valence-corrected chi connectivity index (χ3v) is 6.81. The number of nitrogens with zero attached hydrogens (tertiary/aromatic N) is 2. The molecule has 1 aromatic heterocycles. The Morgan fingerprint density at radius 2 is 2.12 bits per heavy atom. The van der Waals surface area contributed by atoms with Gasteiger partial charge in [-0.15, -0.1) is 0 Å². The van der Waals surface area contributed by atoms with Crippen LogP contribution in [0.25, 0.3) is 0 Å². The average molecular weight is 460 g/mol. The number of halogens is 1. The molecule has 0 saturated carbocycles. The molecule has 32 heavy (non-hydrogen) atoms. The Balaban J connectivity index is 1.46. The van der Waals surface area contributed by atoms with Crippen molar-refractivity contribution in [3.05, 3.63) is 51.3 Å². The quantitative estimate of drug-likeness (QED) is 0.525. The van der Waals surface area contributed by atoms with E-state index in [9.17, 15) is 9.59 Å². The van der Waals surface area contributed by atoms with Crippen LogP contribution in [0.2, 0.25) is 5.02 Å². The molecule has 7 nitrogen and oxygen atoms in total. The summed E-state index contributed by atoms with van der Waals surface area (Å²) in [4.78, 5) is 25.3. The minimum Gasteiger partial charge on any atom is -0.462 e. The van der Waals surface area contributed by atoms with Gasteiger partial charge in [0.2, 0.25) is 0 Å². The van der Waals surface area contributed by atoms with Crippen molar-refractivity contribution < 1.29 is 19.1 Å². The molecule has 0 atom stereocenters. The molecule has 1 saturated heterocycles. The predicted octanol–water partition coefficient (Wildman–Crippen LogP) is 3.74. The summed E-state index contributed by atoms with van der Waals surface area (Å²) in [6.45, 7) is 6.84. The fraction of sp³-hybridized carbons (Fsp3) is 0.542. The first-order valence-corrected chi connectivity index (χ1v) is 11.7. The Morgan fingerprint density at radius 3 is 2.88 bits per heavy atom. The summed E-state index contributed by atoms with van der Waals surface area (Å²) >= 11 is 6.01. The molecule has 8 heteroatoms. The van der Waals surface area contributed by atoms with E-state index in [1.165, 1.54) is 0 Å². The van der Waals surface area contributed by atoms with Crippen LogP contribution in [-0.4, -0.2) is 48.0 Å². The van der Waals surface area contributed by atoms with Crippen molar-refractivity contribution in [3.63, 3.8) is 0 Å². The highest BCUT2D eigenvalue weighted by atomic mass is 35.5. The van der Waals surface area contributed by atoms with Gasteiger partial charge in [0.15, 0.2) is 0 Å². The van der Waals surface area contributed by atoms with Crippen LogP contribution in [-0.2, 0) is 28.9 Å². The Morgan fingerprint density at radius 1 is 1.34 bits per heavy atom. The van der Waals surface area contributed by atoms with Gasteiger partial charge >= 0.3 is 5.97 Å². The van der Waals surface area contributed by atoms with Crippen molar-refractivity contribution in [2.45, 2.75) is 52.5 Å². The number of carbonyl (C=O) groups excluding carboxylic acids is 2. The van der Waals surface area contributed by atoms with Gasteiger partial charge in [0.1, 0.15) is 0 Å². The van der Waals surface area contributed by atoms with Crippen LogP contribution in [0.3, 0.4) is 0 Å². The summed E-state index contributed by atoms with van der Waals surface area (Å²) in [6, 6.07) is 5.19. The number of ether oxygens (including phenoxy) is 2. The Labute approximate surface area is 193 Å². The van der Waals surface area contributed by atoms with E-state index in [1.807, 2.05) is 18.5 Å². The van der Waals surface area contributed by atoms with E-state index >= 15 is 0 Å². The highest BCUT2D eigenvalue weighted by Gasteiger charge is 2.39. The van der Waals surface area contributed by atoms with Crippen LogP contribution in [0.5, 0.6) is 0 Å². The molecule has 3 heterocycles. The molecule has 1 amide bonds. The second-order valence-corrected chi connectivity index (χ2v) is 9.20. The van der Waals surface area contributed by atoms with Crippen molar-refractivity contribution in [2.24, 2.45) is 5.41 Å². The number of rotatable bonds is 6. The van der Waals surface area contributed by atoms with Crippen molar-refractivity contribution >= 4 is 23.5 Å². The molecule has 172 valence electrons. The molecule has 2 aliphatic rings. The largest absolute Gasteiger partial charge is 0.462 e. The molecule has 0 radical (unpaired) electrons. The second kappa shape index (κ2) is 9.63. The van der Waals surface area contributed by atoms with E-state index in [0.29, 0.717) is 36.5 Å². The summed E-state index contributed by atoms with van der Waals surface area (Å²) in [5.74, 6) is -0.409. The molecule has 1 fully saturated rings. The van der Waals surface area contributed by atoms with Gasteiger partial charge in [0, 0.05) is 37.7 Å². The Bertz CT molecular complexity index is 1010. The van der Waals surface area contributed by atoms with Gasteiger partial charge in [-0.1, -0.05) is 24.6 Å². The second-order valence-electron chi connectivity index (χ2n) is 8.77. The number of aryl methyl sites for hydroxylation is 3. The smallest absolute Gasteiger partial charge is 0.338 e. The minimum atomic E-state index is -0.376. The lowest BCUT2D eigenvalue weighted by molar-refractivity contribution is 0.0152. The molecule has 0 bridgehead atoms. The van der Waals surface area contributed by atoms with Gasteiger partial charge in [-0.2, -0.15) is 5.10 Å². The highest BCUT2D eigenvalue weighted by molar-refractivity contribution is 6.31. The summed E-state index contributed by atoms with van der Waals surface area (Å²) in [5, 5.41) is 8.39. The molecule has 2 aliphatic heterocycles. The lowest BCUT2D eigenvalue weighted by atomic mass is 9.76. The Hall–Kier alpha value is -2.38. The van der Waals surface area contributed by atoms with Crippen LogP contribution in [0.1, 0.15) is 63.9 Å². The van der Waals surface area contributed by atoms with Crippen LogP contribution >= 0.6 is 11.6 Å². The van der Waals surface area contributed by atoms with E-state index < -0.39 is 0 Å². The maximum atomic E-state index is 12.9. The Kier molecular flexibility index (Phi) is 6.86. The van der Waals surface area contributed by atoms with Gasteiger partial charge in [-0.25, -0.2) is 4.79 Å². The molecule has 2 aromatic rings. The number of benzene rings is 1. The highest BCUT2D eigenvalue weighted by Crippen LogP contribution is 2.37. The molecule has 1 N–H and O–H groups in total. The first-order valence-electron chi connectivity index (χ1n) is 11.3. The zero-order valence-electron chi connectivity index (χ0n) is 18.7. The number of hydrogen-bond donors (Lipinski definition) is 1. The standard InChI is InChI=1S/C24H30ClN3O4/c1-3-19-21-20(14-24(15-26-22(21)29)7-11-31-12-8-24)28(27-19)9-4-10-32-23(30)18-13-17(25)6-5-16(18)2/h5-6,13H,3-4,7-12,14-15H2,1-2H3,(H,26,29). The fourth-order valence-corrected chi connectivity index (χ4v) is 4.80. The van der Waals surface area contributed by atoms with Gasteiger partial charge in [-0.3, -0.25) is 9.48 Å². The average Bonchev–Trinajstić information content (AvgIpc) is 3.07. The third kappa shape index (κ3) is 4.69. The fourth-order valence-electron chi connectivity index (χ4n) is 4.63. The first-order chi connectivity index (χ1) is 15.4. The zero-order valence-corrected chi connectivity index (χ0v) is 19.5. The summed E-state index contributed by atoms with van der Waals surface area (Å²) < 4.78 is 13.0. The molecule has 4 rings (SSSR count). The number of hydrogen-bond acceptors (Lipinski definition) is 5. The number of fused-ring (bicyclic) bond motifs is 1. The number of carbonyl (C=O) groups is 2. The normalized spacial score (nSPS) is 17.5. The molecule has 1 spiro atoms. The topological polar surface area (TPSA) is 82.5 Å². The lowest BCUT2D eigenvalue weighted by Gasteiger charge is -2.36. The molecule has 0 unspecified atom stereocenters. The van der Waals surface area contributed by atoms with Gasteiger partial charge in [0.05, 0.1) is 29.1 Å².